The van der Waals surface area contributed by atoms with E-state index in [9.17, 15) is 4.79 Å². The van der Waals surface area contributed by atoms with Gasteiger partial charge in [-0.1, -0.05) is 25.4 Å². The maximum absolute atomic E-state index is 12.7. The highest BCUT2D eigenvalue weighted by molar-refractivity contribution is 6.33. The van der Waals surface area contributed by atoms with Gasteiger partial charge in [0.15, 0.2) is 5.82 Å². The van der Waals surface area contributed by atoms with Crippen LogP contribution in [-0.2, 0) is 13.6 Å². The topological polar surface area (TPSA) is 115 Å². The summed E-state index contributed by atoms with van der Waals surface area (Å²) in [6.07, 6.45) is 0. The van der Waals surface area contributed by atoms with Crippen LogP contribution in [0.3, 0.4) is 0 Å². The third-order valence-electron chi connectivity index (χ3n) is 3.90. The first kappa shape index (κ1) is 18.1. The number of aromatic nitrogens is 5. The molecule has 9 heteroatoms. The Hall–Kier alpha value is -2.71. The van der Waals surface area contributed by atoms with Gasteiger partial charge in [-0.15, -0.1) is 0 Å². The van der Waals surface area contributed by atoms with Gasteiger partial charge >= 0.3 is 0 Å². The van der Waals surface area contributed by atoms with E-state index < -0.39 is 0 Å². The SMILES string of the molecule is CC(C)c1nn(C)c(Cl)c1C(=O)Nc1ccc(-c2n[nH]c(CN)n2)cc1. The van der Waals surface area contributed by atoms with E-state index in [-0.39, 0.29) is 11.8 Å². The molecule has 2 heterocycles. The van der Waals surface area contributed by atoms with Gasteiger partial charge in [-0.05, 0) is 30.2 Å². The van der Waals surface area contributed by atoms with Crippen LogP contribution in [0.15, 0.2) is 24.3 Å². The molecule has 0 saturated heterocycles. The van der Waals surface area contributed by atoms with Crippen LogP contribution in [0.1, 0.15) is 41.6 Å². The van der Waals surface area contributed by atoms with Crippen molar-refractivity contribution in [1.29, 1.82) is 0 Å². The number of amides is 1. The summed E-state index contributed by atoms with van der Waals surface area (Å²) in [4.78, 5) is 17.0. The summed E-state index contributed by atoms with van der Waals surface area (Å²) in [5.74, 6) is 0.965. The fourth-order valence-corrected chi connectivity index (χ4v) is 2.77. The molecule has 0 saturated carbocycles. The summed E-state index contributed by atoms with van der Waals surface area (Å²) < 4.78 is 1.51. The zero-order valence-electron chi connectivity index (χ0n) is 14.7. The Morgan fingerprint density at radius 1 is 1.35 bits per heavy atom. The van der Waals surface area contributed by atoms with Crippen LogP contribution >= 0.6 is 11.6 Å². The van der Waals surface area contributed by atoms with Crippen LogP contribution in [0, 0.1) is 0 Å². The molecule has 8 nitrogen and oxygen atoms in total. The first-order valence-electron chi connectivity index (χ1n) is 8.16. The minimum atomic E-state index is -0.289. The monoisotopic (exact) mass is 373 g/mol. The maximum Gasteiger partial charge on any atom is 0.260 e. The van der Waals surface area contributed by atoms with E-state index >= 15 is 0 Å². The van der Waals surface area contributed by atoms with E-state index in [2.05, 4.69) is 25.6 Å². The summed E-state index contributed by atoms with van der Waals surface area (Å²) in [6.45, 7) is 4.23. The van der Waals surface area contributed by atoms with Crippen LogP contribution < -0.4 is 11.1 Å². The van der Waals surface area contributed by atoms with Crippen molar-refractivity contribution in [1.82, 2.24) is 25.0 Å². The van der Waals surface area contributed by atoms with Gasteiger partial charge in [0, 0.05) is 18.3 Å². The minimum Gasteiger partial charge on any atom is -0.324 e. The van der Waals surface area contributed by atoms with Gasteiger partial charge in [-0.2, -0.15) is 10.2 Å². The molecule has 0 atom stereocenters. The molecule has 0 spiro atoms. The summed E-state index contributed by atoms with van der Waals surface area (Å²) in [5.41, 5.74) is 8.05. The number of benzene rings is 1. The number of aryl methyl sites for hydroxylation is 1. The van der Waals surface area contributed by atoms with Gasteiger partial charge in [0.2, 0.25) is 0 Å². The third-order valence-corrected chi connectivity index (χ3v) is 4.34. The Kier molecular flexibility index (Phi) is 5.06. The Bertz CT molecular complexity index is 927. The molecule has 0 unspecified atom stereocenters. The number of rotatable bonds is 5. The lowest BCUT2D eigenvalue weighted by Crippen LogP contribution is -2.14. The van der Waals surface area contributed by atoms with Crippen LogP contribution in [0.2, 0.25) is 5.15 Å². The zero-order chi connectivity index (χ0) is 18.8. The Balaban J connectivity index is 1.80. The fourth-order valence-electron chi connectivity index (χ4n) is 2.55. The van der Waals surface area contributed by atoms with Gasteiger partial charge in [0.05, 0.1) is 12.2 Å². The third kappa shape index (κ3) is 3.47. The minimum absolute atomic E-state index is 0.0827. The largest absolute Gasteiger partial charge is 0.324 e. The molecule has 3 rings (SSSR count). The van der Waals surface area contributed by atoms with Crippen LogP contribution in [0.25, 0.3) is 11.4 Å². The lowest BCUT2D eigenvalue weighted by molar-refractivity contribution is 0.102. The summed E-state index contributed by atoms with van der Waals surface area (Å²) >= 11 is 6.25. The van der Waals surface area contributed by atoms with Crippen LogP contribution in [-0.4, -0.2) is 30.9 Å². The Morgan fingerprint density at radius 2 is 2.04 bits per heavy atom. The second-order valence-electron chi connectivity index (χ2n) is 6.17. The average molecular weight is 374 g/mol. The number of hydrogen-bond donors (Lipinski definition) is 3. The van der Waals surface area contributed by atoms with Crippen molar-refractivity contribution in [3.8, 4) is 11.4 Å². The van der Waals surface area contributed by atoms with Gasteiger partial charge in [0.1, 0.15) is 16.5 Å². The Morgan fingerprint density at radius 3 is 2.62 bits per heavy atom. The molecule has 0 aliphatic rings. The van der Waals surface area contributed by atoms with E-state index in [4.69, 9.17) is 17.3 Å². The van der Waals surface area contributed by atoms with Crippen molar-refractivity contribution < 1.29 is 4.79 Å². The normalized spacial score (nSPS) is 11.2. The zero-order valence-corrected chi connectivity index (χ0v) is 15.5. The van der Waals surface area contributed by atoms with Crippen molar-refractivity contribution in [2.24, 2.45) is 12.8 Å². The summed E-state index contributed by atoms with van der Waals surface area (Å²) in [6, 6.07) is 7.22. The first-order chi connectivity index (χ1) is 12.4. The second kappa shape index (κ2) is 7.27. The van der Waals surface area contributed by atoms with E-state index in [0.29, 0.717) is 40.3 Å². The number of anilines is 1. The molecule has 136 valence electrons. The second-order valence-corrected chi connectivity index (χ2v) is 6.53. The predicted molar refractivity (Wildman–Crippen MR) is 100.0 cm³/mol. The number of nitrogens with two attached hydrogens (primary N) is 1. The lowest BCUT2D eigenvalue weighted by Gasteiger charge is -2.08. The number of carbonyl (C=O) groups is 1. The quantitative estimate of drug-likeness (QED) is 0.636. The number of nitrogens with zero attached hydrogens (tertiary/aromatic N) is 4. The molecule has 2 aromatic heterocycles. The number of hydrogen-bond acceptors (Lipinski definition) is 5. The molecule has 4 N–H and O–H groups in total. The van der Waals surface area contributed by atoms with Gasteiger partial charge in [-0.3, -0.25) is 14.6 Å². The summed E-state index contributed by atoms with van der Waals surface area (Å²) in [5, 5.41) is 14.4. The number of aromatic amines is 1. The fraction of sp³-hybridized carbons (Fsp3) is 0.294. The number of halogens is 1. The lowest BCUT2D eigenvalue weighted by atomic mass is 10.1. The standard InChI is InChI=1S/C17H20ClN7O/c1-9(2)14-13(15(18)25(3)24-14)17(26)20-11-6-4-10(5-7-11)16-21-12(8-19)22-23-16/h4-7,9H,8,19H2,1-3H3,(H,20,26)(H,21,22,23). The first-order valence-corrected chi connectivity index (χ1v) is 8.54. The molecule has 1 amide bonds. The molecule has 0 aliphatic carbocycles. The van der Waals surface area contributed by atoms with E-state index in [1.54, 1.807) is 19.2 Å². The predicted octanol–water partition coefficient (Wildman–Crippen LogP) is 2.69. The van der Waals surface area contributed by atoms with Gasteiger partial charge in [0.25, 0.3) is 5.91 Å². The maximum atomic E-state index is 12.7. The Labute approximate surface area is 155 Å². The van der Waals surface area contributed by atoms with Gasteiger partial charge in [-0.25, -0.2) is 4.98 Å². The highest BCUT2D eigenvalue weighted by Gasteiger charge is 2.23. The molecular weight excluding hydrogens is 354 g/mol. The van der Waals surface area contributed by atoms with E-state index in [1.165, 1.54) is 4.68 Å². The van der Waals surface area contributed by atoms with Crippen molar-refractivity contribution in [2.45, 2.75) is 26.3 Å². The smallest absolute Gasteiger partial charge is 0.260 e. The molecule has 0 aliphatic heterocycles. The molecule has 3 aromatic rings. The van der Waals surface area contributed by atoms with Crippen LogP contribution in [0.5, 0.6) is 0 Å². The van der Waals surface area contributed by atoms with Crippen molar-refractivity contribution in [3.05, 3.63) is 46.5 Å². The van der Waals surface area contributed by atoms with Gasteiger partial charge < -0.3 is 11.1 Å². The van der Waals surface area contributed by atoms with Crippen molar-refractivity contribution in [3.63, 3.8) is 0 Å². The van der Waals surface area contributed by atoms with E-state index in [0.717, 1.165) is 5.56 Å². The van der Waals surface area contributed by atoms with Crippen molar-refractivity contribution in [2.75, 3.05) is 5.32 Å². The van der Waals surface area contributed by atoms with Crippen molar-refractivity contribution >= 4 is 23.2 Å². The molecule has 0 radical (unpaired) electrons. The summed E-state index contributed by atoms with van der Waals surface area (Å²) in [7, 11) is 1.71. The highest BCUT2D eigenvalue weighted by Crippen LogP contribution is 2.26. The molecule has 0 fully saturated rings. The number of H-pyrrole nitrogens is 1. The molecule has 0 bridgehead atoms. The molecule has 26 heavy (non-hydrogen) atoms. The molecule has 1 aromatic carbocycles. The van der Waals surface area contributed by atoms with E-state index in [1.807, 2.05) is 26.0 Å². The molecular formula is C17H20ClN7O. The number of nitrogens with one attached hydrogen (secondary N) is 2. The van der Waals surface area contributed by atoms with Crippen LogP contribution in [0.4, 0.5) is 5.69 Å². The number of carbonyl (C=O) groups excluding carboxylic acids is 1. The average Bonchev–Trinajstić information content (AvgIpc) is 3.21. The highest BCUT2D eigenvalue weighted by atomic mass is 35.5.